The number of aromatic nitrogens is 4. The Hall–Kier alpha value is -2.92. The summed E-state index contributed by atoms with van der Waals surface area (Å²) in [5.74, 6) is -0.0670. The van der Waals surface area contributed by atoms with Crippen LogP contribution in [0.3, 0.4) is 0 Å². The summed E-state index contributed by atoms with van der Waals surface area (Å²) in [6.07, 6.45) is 0. The molecule has 0 aliphatic heterocycles. The Morgan fingerprint density at radius 2 is 1.90 bits per heavy atom. The number of carbonyl (C=O) groups is 1. The first-order chi connectivity index (χ1) is 13.9. The maximum atomic E-state index is 12.6. The third kappa shape index (κ3) is 4.03. The Bertz CT molecular complexity index is 1290. The number of hydrogen-bond acceptors (Lipinski definition) is 7. The monoisotopic (exact) mass is 453 g/mol. The summed E-state index contributed by atoms with van der Waals surface area (Å²) in [4.78, 5) is 24.9. The molecule has 160 valence electrons. The quantitative estimate of drug-likeness (QED) is 0.624. The molecule has 3 aromatic rings. The average Bonchev–Trinajstić information content (AvgIpc) is 2.96. The molecular weight excluding hydrogens is 434 g/mol. The second-order valence-electron chi connectivity index (χ2n) is 7.40. The summed E-state index contributed by atoms with van der Waals surface area (Å²) in [6, 6.07) is 7.35. The number of amides is 1. The fourth-order valence-corrected chi connectivity index (χ4v) is 3.85. The minimum absolute atomic E-state index is 0.119. The van der Waals surface area contributed by atoms with Crippen LogP contribution in [0.5, 0.6) is 5.75 Å². The van der Waals surface area contributed by atoms with E-state index in [1.165, 1.54) is 46.1 Å². The van der Waals surface area contributed by atoms with E-state index in [1.807, 2.05) is 0 Å². The molecule has 30 heavy (non-hydrogen) atoms. The summed E-state index contributed by atoms with van der Waals surface area (Å²) in [5.41, 5.74) is -0.202. The summed E-state index contributed by atoms with van der Waals surface area (Å²) < 4.78 is 30.9. The lowest BCUT2D eigenvalue weighted by Gasteiger charge is -2.17. The fourth-order valence-electron chi connectivity index (χ4n) is 2.53. The molecule has 0 saturated heterocycles. The van der Waals surface area contributed by atoms with Crippen LogP contribution in [0.15, 0.2) is 40.2 Å². The first-order valence-corrected chi connectivity index (χ1v) is 10.6. The van der Waals surface area contributed by atoms with Crippen molar-refractivity contribution >= 4 is 38.7 Å². The van der Waals surface area contributed by atoms with E-state index in [2.05, 4.69) is 15.5 Å². The minimum Gasteiger partial charge on any atom is -0.495 e. The molecule has 1 N–H and O–H groups in total. The lowest BCUT2D eigenvalue weighted by molar-refractivity contribution is -0.117. The minimum atomic E-state index is -3.76. The van der Waals surface area contributed by atoms with Crippen LogP contribution in [0.1, 0.15) is 20.8 Å². The van der Waals surface area contributed by atoms with Crippen molar-refractivity contribution in [2.45, 2.75) is 37.1 Å². The van der Waals surface area contributed by atoms with Crippen LogP contribution < -0.4 is 15.7 Å². The van der Waals surface area contributed by atoms with Crippen LogP contribution in [-0.4, -0.2) is 45.6 Å². The van der Waals surface area contributed by atoms with Gasteiger partial charge in [0, 0.05) is 5.69 Å². The number of halogens is 1. The molecule has 10 nitrogen and oxygen atoms in total. The maximum absolute atomic E-state index is 12.6. The first-order valence-electron chi connectivity index (χ1n) is 8.79. The van der Waals surface area contributed by atoms with E-state index in [9.17, 15) is 18.0 Å². The van der Waals surface area contributed by atoms with Crippen molar-refractivity contribution in [3.8, 4) is 5.75 Å². The lowest BCUT2D eigenvalue weighted by atomic mass is 10.3. The molecule has 1 aromatic carbocycles. The van der Waals surface area contributed by atoms with E-state index in [0.29, 0.717) is 16.5 Å². The van der Waals surface area contributed by atoms with E-state index < -0.39 is 32.7 Å². The molecule has 0 fully saturated rings. The van der Waals surface area contributed by atoms with Crippen LogP contribution in [0.4, 0.5) is 5.69 Å². The third-order valence-electron chi connectivity index (χ3n) is 4.23. The molecule has 0 bridgehead atoms. The number of carbonyl (C=O) groups excluding carboxylic acids is 1. The van der Waals surface area contributed by atoms with Gasteiger partial charge in [0.25, 0.3) is 0 Å². The number of nitrogens with one attached hydrogen (secondary N) is 1. The molecule has 0 radical (unpaired) electrons. The molecule has 0 unspecified atom stereocenters. The number of nitrogens with zero attached hydrogens (tertiary/aromatic N) is 4. The number of fused-ring (bicyclic) bond motifs is 1. The van der Waals surface area contributed by atoms with Crippen molar-refractivity contribution in [1.82, 2.24) is 19.4 Å². The molecule has 0 aliphatic carbocycles. The smallest absolute Gasteiger partial charge is 0.367 e. The topological polar surface area (TPSA) is 125 Å². The van der Waals surface area contributed by atoms with E-state index in [-0.39, 0.29) is 10.7 Å². The van der Waals surface area contributed by atoms with Crippen LogP contribution in [-0.2, 0) is 21.2 Å². The number of ether oxygens (including phenoxy) is 1. The summed E-state index contributed by atoms with van der Waals surface area (Å²) in [6.45, 7) is 4.22. The van der Waals surface area contributed by atoms with Crippen molar-refractivity contribution < 1.29 is 17.9 Å². The second-order valence-corrected chi connectivity index (χ2v) is 10.5. The zero-order valence-electron chi connectivity index (χ0n) is 16.7. The number of sulfone groups is 1. The number of rotatable bonds is 5. The van der Waals surface area contributed by atoms with Gasteiger partial charge in [-0.1, -0.05) is 11.6 Å². The molecule has 0 aliphatic rings. The average molecular weight is 454 g/mol. The second kappa shape index (κ2) is 7.73. The zero-order chi connectivity index (χ0) is 22.3. The summed E-state index contributed by atoms with van der Waals surface area (Å²) in [5, 5.41) is 10.6. The number of hydrogen-bond donors (Lipinski definition) is 1. The van der Waals surface area contributed by atoms with Crippen molar-refractivity contribution in [2.24, 2.45) is 0 Å². The Morgan fingerprint density at radius 1 is 1.20 bits per heavy atom. The van der Waals surface area contributed by atoms with Gasteiger partial charge in [-0.15, -0.1) is 10.2 Å². The van der Waals surface area contributed by atoms with E-state index in [0.717, 1.165) is 9.20 Å². The van der Waals surface area contributed by atoms with Gasteiger partial charge in [-0.05, 0) is 51.1 Å². The molecule has 2 heterocycles. The van der Waals surface area contributed by atoms with Crippen molar-refractivity contribution in [3.05, 3.63) is 45.8 Å². The molecule has 3 rings (SSSR count). The van der Waals surface area contributed by atoms with Gasteiger partial charge in [0.1, 0.15) is 12.3 Å². The van der Waals surface area contributed by atoms with Gasteiger partial charge in [0.15, 0.2) is 10.7 Å². The van der Waals surface area contributed by atoms with Gasteiger partial charge in [0.2, 0.25) is 15.7 Å². The van der Waals surface area contributed by atoms with Crippen LogP contribution in [0.2, 0.25) is 5.02 Å². The molecule has 12 heteroatoms. The highest BCUT2D eigenvalue weighted by Crippen LogP contribution is 2.27. The standard InChI is InChI=1S/C18H20ClN5O5S/c1-18(2,3)30(27,28)16-8-7-14-21-23(17(26)24(14)22-16)10-15(25)20-11-5-6-13(29-4)12(19)9-11/h5-9H,10H2,1-4H3,(H,20,25). The normalized spacial score (nSPS) is 12.2. The number of benzene rings is 1. The van der Waals surface area contributed by atoms with Gasteiger partial charge in [-0.25, -0.2) is 17.9 Å². The predicted octanol–water partition coefficient (Wildman–Crippen LogP) is 1.76. The van der Waals surface area contributed by atoms with Crippen LogP contribution >= 0.6 is 11.6 Å². The van der Waals surface area contributed by atoms with E-state index >= 15 is 0 Å². The molecule has 1 amide bonds. The third-order valence-corrected chi connectivity index (χ3v) is 6.90. The largest absolute Gasteiger partial charge is 0.495 e. The predicted molar refractivity (Wildman–Crippen MR) is 111 cm³/mol. The number of anilines is 1. The van der Waals surface area contributed by atoms with Crippen molar-refractivity contribution in [2.75, 3.05) is 12.4 Å². The zero-order valence-corrected chi connectivity index (χ0v) is 18.3. The highest BCUT2D eigenvalue weighted by atomic mass is 35.5. The molecule has 0 atom stereocenters. The van der Waals surface area contributed by atoms with E-state index in [4.69, 9.17) is 16.3 Å². The number of methoxy groups -OCH3 is 1. The fraction of sp³-hybridized carbons (Fsp3) is 0.333. The summed E-state index contributed by atoms with van der Waals surface area (Å²) in [7, 11) is -2.29. The molecule has 0 spiro atoms. The summed E-state index contributed by atoms with van der Waals surface area (Å²) >= 11 is 6.03. The van der Waals surface area contributed by atoms with Crippen LogP contribution in [0, 0.1) is 0 Å². The van der Waals surface area contributed by atoms with Gasteiger partial charge in [-0.2, -0.15) is 4.52 Å². The van der Waals surface area contributed by atoms with Gasteiger partial charge in [0.05, 0.1) is 16.9 Å². The van der Waals surface area contributed by atoms with E-state index in [1.54, 1.807) is 12.1 Å². The van der Waals surface area contributed by atoms with Gasteiger partial charge < -0.3 is 10.1 Å². The molecular formula is C18H20ClN5O5S. The maximum Gasteiger partial charge on any atom is 0.367 e. The van der Waals surface area contributed by atoms with Gasteiger partial charge >= 0.3 is 5.69 Å². The SMILES string of the molecule is COc1ccc(NC(=O)Cn2nc3ccc(S(=O)(=O)C(C)(C)C)nn3c2=O)cc1Cl. The van der Waals surface area contributed by atoms with Gasteiger partial charge in [-0.3, -0.25) is 4.79 Å². The molecule has 2 aromatic heterocycles. The highest BCUT2D eigenvalue weighted by Gasteiger charge is 2.33. The van der Waals surface area contributed by atoms with Crippen LogP contribution in [0.25, 0.3) is 5.65 Å². The molecule has 0 saturated carbocycles. The Balaban J connectivity index is 1.87. The Kier molecular flexibility index (Phi) is 5.61. The Morgan fingerprint density at radius 3 is 2.50 bits per heavy atom. The highest BCUT2D eigenvalue weighted by molar-refractivity contribution is 7.92. The first kappa shape index (κ1) is 21.8. The van der Waals surface area contributed by atoms with Crippen molar-refractivity contribution in [3.63, 3.8) is 0 Å². The lowest BCUT2D eigenvalue weighted by Crippen LogP contribution is -2.31. The Labute approximate surface area is 177 Å². The van der Waals surface area contributed by atoms with Crippen molar-refractivity contribution in [1.29, 1.82) is 0 Å².